The van der Waals surface area contributed by atoms with Crippen molar-refractivity contribution in [3.63, 3.8) is 0 Å². The molecule has 0 aromatic heterocycles. The molecule has 1 fully saturated rings. The molecule has 3 rings (SSSR count). The van der Waals surface area contributed by atoms with Crippen molar-refractivity contribution in [1.29, 1.82) is 0 Å². The molecule has 0 spiro atoms. The Balaban J connectivity index is 1.71. The molecule has 142 valence electrons. The summed E-state index contributed by atoms with van der Waals surface area (Å²) in [6, 6.07) is 11.2. The van der Waals surface area contributed by atoms with E-state index in [-0.39, 0.29) is 22.3 Å². The number of ether oxygens (including phenoxy) is 1. The van der Waals surface area contributed by atoms with Gasteiger partial charge in [-0.3, -0.25) is 4.79 Å². The van der Waals surface area contributed by atoms with Crippen molar-refractivity contribution in [3.05, 3.63) is 64.7 Å². The molecule has 6 nitrogen and oxygen atoms in total. The van der Waals surface area contributed by atoms with Gasteiger partial charge in [-0.1, -0.05) is 35.9 Å². The molecule has 1 aliphatic rings. The van der Waals surface area contributed by atoms with Gasteiger partial charge in [0.25, 0.3) is 0 Å². The highest BCUT2D eigenvalue weighted by Crippen LogP contribution is 2.23. The number of esters is 1. The minimum Gasteiger partial charge on any atom is -0.454 e. The average molecular weight is 387 g/mol. The first-order chi connectivity index (χ1) is 12.8. The lowest BCUT2D eigenvalue weighted by atomic mass is 10.1. The Morgan fingerprint density at radius 1 is 1.07 bits per heavy atom. The molecular weight excluding hydrogens is 366 g/mol. The number of carbonyl (C=O) groups is 2. The van der Waals surface area contributed by atoms with E-state index in [9.17, 15) is 18.0 Å². The van der Waals surface area contributed by atoms with Gasteiger partial charge in [0.05, 0.1) is 10.5 Å². The number of rotatable bonds is 7. The van der Waals surface area contributed by atoms with Crippen LogP contribution in [0.5, 0.6) is 0 Å². The topological polar surface area (TPSA) is 89.5 Å². The smallest absolute Gasteiger partial charge is 0.338 e. The minimum absolute atomic E-state index is 0.0109. The van der Waals surface area contributed by atoms with E-state index in [1.54, 1.807) is 37.3 Å². The second-order valence-electron chi connectivity index (χ2n) is 6.74. The first-order valence-corrected chi connectivity index (χ1v) is 10.1. The van der Waals surface area contributed by atoms with Crippen LogP contribution in [0.3, 0.4) is 0 Å². The van der Waals surface area contributed by atoms with Crippen LogP contribution in [-0.2, 0) is 14.8 Å². The van der Waals surface area contributed by atoms with Crippen LogP contribution >= 0.6 is 0 Å². The molecule has 7 heteroatoms. The first-order valence-electron chi connectivity index (χ1n) is 8.66. The number of nitrogens with one attached hydrogen (secondary N) is 1. The molecule has 1 saturated carbocycles. The third-order valence-electron chi connectivity index (χ3n) is 4.35. The second-order valence-corrected chi connectivity index (χ2v) is 8.45. The number of benzene rings is 2. The Hall–Kier alpha value is -2.51. The lowest BCUT2D eigenvalue weighted by Gasteiger charge is -2.10. The van der Waals surface area contributed by atoms with E-state index in [1.807, 2.05) is 6.92 Å². The Bertz CT molecular complexity index is 976. The molecule has 2 aromatic rings. The van der Waals surface area contributed by atoms with Gasteiger partial charge >= 0.3 is 5.97 Å². The Morgan fingerprint density at radius 3 is 2.37 bits per heavy atom. The molecule has 0 radical (unpaired) electrons. The fourth-order valence-electron chi connectivity index (χ4n) is 2.51. The molecular formula is C20H21NO5S. The number of ketones is 1. The van der Waals surface area contributed by atoms with Gasteiger partial charge in [0, 0.05) is 11.6 Å². The zero-order valence-corrected chi connectivity index (χ0v) is 16.0. The highest BCUT2D eigenvalue weighted by Gasteiger charge is 2.28. The molecule has 0 heterocycles. The number of Topliss-reactive ketones (excluding diaryl/α,β-unsaturated/α-hetero) is 1. The van der Waals surface area contributed by atoms with Crippen molar-refractivity contribution in [2.75, 3.05) is 6.61 Å². The number of hydrogen-bond acceptors (Lipinski definition) is 5. The van der Waals surface area contributed by atoms with E-state index < -0.39 is 22.6 Å². The van der Waals surface area contributed by atoms with E-state index in [2.05, 4.69) is 4.72 Å². The molecule has 0 bridgehead atoms. The van der Waals surface area contributed by atoms with E-state index >= 15 is 0 Å². The van der Waals surface area contributed by atoms with Crippen LogP contribution in [-0.4, -0.2) is 32.8 Å². The molecule has 1 N–H and O–H groups in total. The summed E-state index contributed by atoms with van der Waals surface area (Å²) in [6.45, 7) is 3.19. The van der Waals surface area contributed by atoms with Crippen molar-refractivity contribution in [2.45, 2.75) is 37.6 Å². The maximum absolute atomic E-state index is 12.4. The van der Waals surface area contributed by atoms with Gasteiger partial charge in [0.2, 0.25) is 10.0 Å². The summed E-state index contributed by atoms with van der Waals surface area (Å²) >= 11 is 0. The molecule has 0 amide bonds. The zero-order chi connectivity index (χ0) is 19.6. The van der Waals surface area contributed by atoms with Crippen LogP contribution in [0.2, 0.25) is 0 Å². The van der Waals surface area contributed by atoms with E-state index in [4.69, 9.17) is 4.74 Å². The third kappa shape index (κ3) is 4.81. The van der Waals surface area contributed by atoms with E-state index in [1.165, 1.54) is 12.1 Å². The fourth-order valence-corrected chi connectivity index (χ4v) is 3.84. The summed E-state index contributed by atoms with van der Waals surface area (Å²) < 4.78 is 32.3. The average Bonchev–Trinajstić information content (AvgIpc) is 3.43. The van der Waals surface area contributed by atoms with E-state index in [0.29, 0.717) is 11.1 Å². The van der Waals surface area contributed by atoms with Crippen LogP contribution in [0.15, 0.2) is 47.4 Å². The number of aryl methyl sites for hydroxylation is 2. The zero-order valence-electron chi connectivity index (χ0n) is 15.2. The van der Waals surface area contributed by atoms with Crippen molar-refractivity contribution in [2.24, 2.45) is 0 Å². The largest absolute Gasteiger partial charge is 0.454 e. The summed E-state index contributed by atoms with van der Waals surface area (Å²) in [5, 5.41) is 0. The van der Waals surface area contributed by atoms with Gasteiger partial charge in [0.1, 0.15) is 0 Å². The van der Waals surface area contributed by atoms with Crippen LogP contribution in [0.25, 0.3) is 0 Å². The maximum Gasteiger partial charge on any atom is 0.338 e. The summed E-state index contributed by atoms with van der Waals surface area (Å²) in [7, 11) is -3.67. The molecule has 1 aliphatic carbocycles. The lowest BCUT2D eigenvalue weighted by molar-refractivity contribution is 0.0473. The van der Waals surface area contributed by atoms with Crippen LogP contribution < -0.4 is 4.72 Å². The van der Waals surface area contributed by atoms with Gasteiger partial charge in [0.15, 0.2) is 12.4 Å². The number of hydrogen-bond donors (Lipinski definition) is 1. The molecule has 0 aliphatic heterocycles. The number of carbonyl (C=O) groups excluding carboxylic acids is 2. The van der Waals surface area contributed by atoms with Gasteiger partial charge in [-0.2, -0.15) is 0 Å². The summed E-state index contributed by atoms with van der Waals surface area (Å²) in [6.07, 6.45) is 1.64. The second kappa shape index (κ2) is 7.62. The first kappa shape index (κ1) is 19.3. The van der Waals surface area contributed by atoms with Crippen molar-refractivity contribution < 1.29 is 22.7 Å². The SMILES string of the molecule is Cc1ccc(C(=O)COC(=O)c2cc(S(=O)(=O)NC3CC3)ccc2C)cc1. The van der Waals surface area contributed by atoms with Crippen LogP contribution in [0.4, 0.5) is 0 Å². The predicted molar refractivity (Wildman–Crippen MR) is 100 cm³/mol. The fraction of sp³-hybridized carbons (Fsp3) is 0.300. The molecule has 0 atom stereocenters. The van der Waals surface area contributed by atoms with Gasteiger partial charge in [-0.05, 0) is 44.4 Å². The Kier molecular flexibility index (Phi) is 5.43. The summed E-state index contributed by atoms with van der Waals surface area (Å²) in [5.74, 6) is -1.04. The standard InChI is InChI=1S/C20H21NO5S/c1-13-3-6-15(7-4-13)19(22)12-26-20(23)18-11-17(10-5-14(18)2)27(24,25)21-16-8-9-16/h3-7,10-11,16,21H,8-9,12H2,1-2H3. The monoisotopic (exact) mass is 387 g/mol. The van der Waals surface area contributed by atoms with E-state index in [0.717, 1.165) is 18.4 Å². The van der Waals surface area contributed by atoms with Crippen LogP contribution in [0, 0.1) is 13.8 Å². The lowest BCUT2D eigenvalue weighted by Crippen LogP contribution is -2.26. The Morgan fingerprint density at radius 2 is 1.74 bits per heavy atom. The Labute approximate surface area is 158 Å². The molecule has 0 unspecified atom stereocenters. The minimum atomic E-state index is -3.67. The number of sulfonamides is 1. The van der Waals surface area contributed by atoms with Crippen molar-refractivity contribution in [3.8, 4) is 0 Å². The summed E-state index contributed by atoms with van der Waals surface area (Å²) in [4.78, 5) is 24.5. The maximum atomic E-state index is 12.4. The quantitative estimate of drug-likeness (QED) is 0.583. The highest BCUT2D eigenvalue weighted by atomic mass is 32.2. The van der Waals surface area contributed by atoms with Crippen molar-refractivity contribution >= 4 is 21.8 Å². The molecule has 0 saturated heterocycles. The molecule has 2 aromatic carbocycles. The van der Waals surface area contributed by atoms with Crippen molar-refractivity contribution in [1.82, 2.24) is 4.72 Å². The summed E-state index contributed by atoms with van der Waals surface area (Å²) in [5.41, 5.74) is 2.19. The van der Waals surface area contributed by atoms with Gasteiger partial charge in [-0.15, -0.1) is 0 Å². The van der Waals surface area contributed by atoms with Gasteiger partial charge < -0.3 is 4.74 Å². The molecule has 27 heavy (non-hydrogen) atoms. The van der Waals surface area contributed by atoms with Gasteiger partial charge in [-0.25, -0.2) is 17.9 Å². The third-order valence-corrected chi connectivity index (χ3v) is 5.86. The predicted octanol–water partition coefficient (Wildman–Crippen LogP) is 2.78. The highest BCUT2D eigenvalue weighted by molar-refractivity contribution is 7.89. The van der Waals surface area contributed by atoms with Crippen LogP contribution in [0.1, 0.15) is 44.7 Å². The normalized spacial score (nSPS) is 14.0.